The summed E-state index contributed by atoms with van der Waals surface area (Å²) in [6.45, 7) is 4.38. The van der Waals surface area contributed by atoms with E-state index in [2.05, 4.69) is 21.8 Å². The van der Waals surface area contributed by atoms with Crippen LogP contribution in [-0.2, 0) is 25.9 Å². The summed E-state index contributed by atoms with van der Waals surface area (Å²) in [5.74, 6) is 0.811. The number of halogens is 1. The first-order valence-electron chi connectivity index (χ1n) is 7.74. The molecule has 1 aromatic carbocycles. The van der Waals surface area contributed by atoms with E-state index in [9.17, 15) is 4.79 Å². The predicted molar refractivity (Wildman–Crippen MR) is 88.1 cm³/mol. The first-order valence-corrected chi connectivity index (χ1v) is 8.12. The summed E-state index contributed by atoms with van der Waals surface area (Å²) in [7, 11) is 0. The van der Waals surface area contributed by atoms with E-state index in [4.69, 9.17) is 11.6 Å². The molecule has 3 rings (SSSR count). The third-order valence-electron chi connectivity index (χ3n) is 4.04. The van der Waals surface area contributed by atoms with Gasteiger partial charge in [0, 0.05) is 37.5 Å². The van der Waals surface area contributed by atoms with Crippen LogP contribution in [0.1, 0.15) is 36.0 Å². The fourth-order valence-electron chi connectivity index (χ4n) is 2.89. The van der Waals surface area contributed by atoms with E-state index in [1.807, 2.05) is 24.3 Å². The molecular formula is C17H20ClN3O. The van der Waals surface area contributed by atoms with Gasteiger partial charge in [-0.2, -0.15) is 0 Å². The Morgan fingerprint density at radius 1 is 1.36 bits per heavy atom. The van der Waals surface area contributed by atoms with E-state index in [1.54, 1.807) is 0 Å². The zero-order valence-electron chi connectivity index (χ0n) is 12.7. The maximum atomic E-state index is 12.3. The molecule has 5 heteroatoms. The van der Waals surface area contributed by atoms with Crippen LogP contribution in [0.15, 0.2) is 29.1 Å². The minimum absolute atomic E-state index is 0.0114. The molecule has 0 bridgehead atoms. The smallest absolute Gasteiger partial charge is 0.255 e. The molecule has 1 aromatic heterocycles. The van der Waals surface area contributed by atoms with Crippen molar-refractivity contribution in [1.29, 1.82) is 0 Å². The van der Waals surface area contributed by atoms with Crippen molar-refractivity contribution in [3.05, 3.63) is 62.3 Å². The number of aryl methyl sites for hydroxylation is 1. The van der Waals surface area contributed by atoms with E-state index >= 15 is 0 Å². The number of hydrogen-bond donors (Lipinski definition) is 1. The number of fused-ring (bicyclic) bond motifs is 1. The summed E-state index contributed by atoms with van der Waals surface area (Å²) < 4.78 is 0. The van der Waals surface area contributed by atoms with Gasteiger partial charge in [-0.15, -0.1) is 0 Å². The van der Waals surface area contributed by atoms with E-state index in [-0.39, 0.29) is 5.56 Å². The predicted octanol–water partition coefficient (Wildman–Crippen LogP) is 2.93. The fourth-order valence-corrected chi connectivity index (χ4v) is 3.09. The van der Waals surface area contributed by atoms with Crippen molar-refractivity contribution >= 4 is 11.6 Å². The maximum absolute atomic E-state index is 12.3. The van der Waals surface area contributed by atoms with Crippen LogP contribution in [0.5, 0.6) is 0 Å². The first-order chi connectivity index (χ1) is 10.7. The second kappa shape index (κ2) is 6.63. The molecule has 0 saturated carbocycles. The lowest BCUT2D eigenvalue weighted by Gasteiger charge is -2.28. The van der Waals surface area contributed by atoms with Crippen molar-refractivity contribution in [2.75, 3.05) is 6.54 Å². The monoisotopic (exact) mass is 317 g/mol. The highest BCUT2D eigenvalue weighted by molar-refractivity contribution is 6.31. The average Bonchev–Trinajstić information content (AvgIpc) is 2.51. The normalized spacial score (nSPS) is 14.8. The molecule has 0 radical (unpaired) electrons. The van der Waals surface area contributed by atoms with Crippen molar-refractivity contribution in [2.45, 2.75) is 39.3 Å². The molecule has 0 atom stereocenters. The third-order valence-corrected chi connectivity index (χ3v) is 4.40. The number of nitrogens with one attached hydrogen (secondary N) is 1. The minimum Gasteiger partial charge on any atom is -0.310 e. The number of aromatic nitrogens is 2. The van der Waals surface area contributed by atoms with Crippen LogP contribution in [0.3, 0.4) is 0 Å². The molecule has 0 unspecified atom stereocenters. The van der Waals surface area contributed by atoms with Gasteiger partial charge in [-0.1, -0.05) is 36.7 Å². The summed E-state index contributed by atoms with van der Waals surface area (Å²) in [4.78, 5) is 22.1. The maximum Gasteiger partial charge on any atom is 0.255 e. The van der Waals surface area contributed by atoms with Gasteiger partial charge in [-0.25, -0.2) is 4.98 Å². The Kier molecular flexibility index (Phi) is 4.60. The molecule has 0 saturated heterocycles. The Morgan fingerprint density at radius 3 is 2.95 bits per heavy atom. The van der Waals surface area contributed by atoms with Gasteiger partial charge in [0.05, 0.1) is 11.3 Å². The second-order valence-electron chi connectivity index (χ2n) is 5.74. The van der Waals surface area contributed by atoms with Crippen molar-refractivity contribution < 1.29 is 0 Å². The van der Waals surface area contributed by atoms with Crippen LogP contribution in [0.4, 0.5) is 0 Å². The average molecular weight is 318 g/mol. The van der Waals surface area contributed by atoms with Gasteiger partial charge >= 0.3 is 0 Å². The van der Waals surface area contributed by atoms with Crippen LogP contribution >= 0.6 is 11.6 Å². The number of hydrogen-bond acceptors (Lipinski definition) is 3. The number of aromatic amines is 1. The molecule has 2 heterocycles. The lowest BCUT2D eigenvalue weighted by atomic mass is 10.1. The Bertz CT molecular complexity index is 726. The van der Waals surface area contributed by atoms with Gasteiger partial charge in [0.2, 0.25) is 0 Å². The SMILES string of the molecule is CCCc1nc2c(c(=O)[nH]1)CN(Cc1ccccc1Cl)CC2. The molecule has 1 aliphatic rings. The van der Waals surface area contributed by atoms with E-state index in [0.717, 1.165) is 60.0 Å². The van der Waals surface area contributed by atoms with E-state index in [1.165, 1.54) is 0 Å². The molecule has 116 valence electrons. The molecule has 2 aromatic rings. The van der Waals surface area contributed by atoms with Gasteiger partial charge < -0.3 is 4.98 Å². The Hall–Kier alpha value is -1.65. The first kappa shape index (κ1) is 15.3. The Balaban J connectivity index is 1.79. The molecule has 1 N–H and O–H groups in total. The van der Waals surface area contributed by atoms with Crippen LogP contribution in [0.25, 0.3) is 0 Å². The van der Waals surface area contributed by atoms with E-state index in [0.29, 0.717) is 6.54 Å². The molecule has 0 fully saturated rings. The highest BCUT2D eigenvalue weighted by Crippen LogP contribution is 2.21. The van der Waals surface area contributed by atoms with Gasteiger partial charge in [0.15, 0.2) is 0 Å². The fraction of sp³-hybridized carbons (Fsp3) is 0.412. The van der Waals surface area contributed by atoms with Crippen molar-refractivity contribution in [3.8, 4) is 0 Å². The largest absolute Gasteiger partial charge is 0.310 e. The van der Waals surface area contributed by atoms with Gasteiger partial charge in [0.25, 0.3) is 5.56 Å². The standard InChI is InChI=1S/C17H20ClN3O/c1-2-5-16-19-15-8-9-21(11-13(15)17(22)20-16)10-12-6-3-4-7-14(12)18/h3-4,6-7H,2,5,8-11H2,1H3,(H,19,20,22). The molecular weight excluding hydrogens is 298 g/mol. The van der Waals surface area contributed by atoms with Crippen LogP contribution in [-0.4, -0.2) is 21.4 Å². The number of H-pyrrole nitrogens is 1. The van der Waals surface area contributed by atoms with Gasteiger partial charge in [-0.3, -0.25) is 9.69 Å². The van der Waals surface area contributed by atoms with Crippen molar-refractivity contribution in [2.24, 2.45) is 0 Å². The number of rotatable bonds is 4. The van der Waals surface area contributed by atoms with Crippen molar-refractivity contribution in [1.82, 2.24) is 14.9 Å². The highest BCUT2D eigenvalue weighted by atomic mass is 35.5. The summed E-state index contributed by atoms with van der Waals surface area (Å²) in [6, 6.07) is 7.86. The lowest BCUT2D eigenvalue weighted by molar-refractivity contribution is 0.241. The topological polar surface area (TPSA) is 49.0 Å². The van der Waals surface area contributed by atoms with Crippen LogP contribution < -0.4 is 5.56 Å². The summed E-state index contributed by atoms with van der Waals surface area (Å²) in [5.41, 5.74) is 2.87. The number of benzene rings is 1. The minimum atomic E-state index is 0.0114. The quantitative estimate of drug-likeness (QED) is 0.943. The summed E-state index contributed by atoms with van der Waals surface area (Å²) >= 11 is 6.22. The Morgan fingerprint density at radius 2 is 2.18 bits per heavy atom. The Labute approximate surface area is 135 Å². The third kappa shape index (κ3) is 3.23. The summed E-state index contributed by atoms with van der Waals surface area (Å²) in [5, 5.41) is 0.777. The molecule has 0 spiro atoms. The zero-order chi connectivity index (χ0) is 15.5. The van der Waals surface area contributed by atoms with E-state index < -0.39 is 0 Å². The van der Waals surface area contributed by atoms with Crippen LogP contribution in [0.2, 0.25) is 5.02 Å². The van der Waals surface area contributed by atoms with Gasteiger partial charge in [-0.05, 0) is 18.1 Å². The van der Waals surface area contributed by atoms with Crippen LogP contribution in [0, 0.1) is 0 Å². The summed E-state index contributed by atoms with van der Waals surface area (Å²) in [6.07, 6.45) is 2.63. The number of nitrogens with zero attached hydrogens (tertiary/aromatic N) is 2. The lowest BCUT2D eigenvalue weighted by Crippen LogP contribution is -2.35. The van der Waals surface area contributed by atoms with Crippen molar-refractivity contribution in [3.63, 3.8) is 0 Å². The molecule has 0 amide bonds. The highest BCUT2D eigenvalue weighted by Gasteiger charge is 2.21. The second-order valence-corrected chi connectivity index (χ2v) is 6.15. The van der Waals surface area contributed by atoms with Gasteiger partial charge in [0.1, 0.15) is 5.82 Å². The molecule has 0 aliphatic carbocycles. The molecule has 1 aliphatic heterocycles. The zero-order valence-corrected chi connectivity index (χ0v) is 13.5. The molecule has 22 heavy (non-hydrogen) atoms. The molecule has 4 nitrogen and oxygen atoms in total.